The molecule has 1 aromatic carbocycles. The molecular weight excluding hydrogens is 266 g/mol. The maximum absolute atomic E-state index is 11.7. The van der Waals surface area contributed by atoms with Crippen LogP contribution in [0, 0.1) is 5.75 Å². The van der Waals surface area contributed by atoms with Crippen LogP contribution in [0.5, 0.6) is 0 Å². The number of nitrogens with zero attached hydrogens (tertiary/aromatic N) is 1. The molecule has 0 unspecified atom stereocenters. The van der Waals surface area contributed by atoms with E-state index in [2.05, 4.69) is 6.08 Å². The Morgan fingerprint density at radius 1 is 1.39 bits per heavy atom. The normalized spacial score (nSPS) is 15.4. The average Bonchev–Trinajstić information content (AvgIpc) is 2.40. The highest BCUT2D eigenvalue weighted by Gasteiger charge is 2.17. The van der Waals surface area contributed by atoms with Crippen LogP contribution < -0.4 is 0 Å². The van der Waals surface area contributed by atoms with Crippen LogP contribution in [0.4, 0.5) is 0 Å². The second-order valence-corrected chi connectivity index (χ2v) is 5.27. The van der Waals surface area contributed by atoms with E-state index in [9.17, 15) is 4.79 Å². The highest BCUT2D eigenvalue weighted by Crippen LogP contribution is 2.24. The fraction of sp³-hybridized carbons (Fsp3) is 0.286. The Balaban J connectivity index is 2.02. The molecule has 18 heavy (non-hydrogen) atoms. The summed E-state index contributed by atoms with van der Waals surface area (Å²) in [5, 5.41) is 0.751. The van der Waals surface area contributed by atoms with E-state index in [1.165, 1.54) is 22.9 Å². The van der Waals surface area contributed by atoms with Gasteiger partial charge >= 0.3 is 0 Å². The molecular formula is C14H15ClNOS. The van der Waals surface area contributed by atoms with Crippen LogP contribution in [-0.4, -0.2) is 30.2 Å². The molecule has 0 atom stereocenters. The van der Waals surface area contributed by atoms with Crippen LogP contribution in [-0.2, 0) is 4.79 Å². The third-order valence-electron chi connectivity index (χ3n) is 2.95. The summed E-state index contributed by atoms with van der Waals surface area (Å²) < 4.78 is 0. The fourth-order valence-electron chi connectivity index (χ4n) is 1.97. The van der Waals surface area contributed by atoms with Gasteiger partial charge in [-0.15, -0.1) is 0 Å². The number of amides is 1. The summed E-state index contributed by atoms with van der Waals surface area (Å²) >= 11 is 7.32. The van der Waals surface area contributed by atoms with Crippen molar-refractivity contribution >= 4 is 34.8 Å². The molecule has 2 rings (SSSR count). The van der Waals surface area contributed by atoms with E-state index in [0.717, 1.165) is 18.0 Å². The Morgan fingerprint density at radius 3 is 2.67 bits per heavy atom. The second-order valence-electron chi connectivity index (χ2n) is 4.12. The van der Waals surface area contributed by atoms with Crippen LogP contribution in [0.25, 0.3) is 5.57 Å². The van der Waals surface area contributed by atoms with Gasteiger partial charge in [0.15, 0.2) is 0 Å². The van der Waals surface area contributed by atoms with Crippen molar-refractivity contribution in [3.8, 4) is 0 Å². The van der Waals surface area contributed by atoms with Crippen molar-refractivity contribution in [2.24, 2.45) is 0 Å². The molecule has 0 N–H and O–H groups in total. The van der Waals surface area contributed by atoms with Gasteiger partial charge in [-0.25, -0.2) is 0 Å². The fourth-order valence-corrected chi connectivity index (χ4v) is 2.45. The first-order valence-corrected chi connectivity index (χ1v) is 7.47. The lowest BCUT2D eigenvalue weighted by atomic mass is 9.99. The predicted molar refractivity (Wildman–Crippen MR) is 78.4 cm³/mol. The number of halogens is 1. The SMILES string of the molecule is CS[CH]C(=O)N1CC=C(c2ccc(Cl)cc2)CC1. The molecule has 1 radical (unpaired) electrons. The van der Waals surface area contributed by atoms with Gasteiger partial charge in [0.05, 0.1) is 0 Å². The number of benzene rings is 1. The third-order valence-corrected chi connectivity index (χ3v) is 3.64. The molecule has 1 aromatic rings. The molecule has 1 aliphatic heterocycles. The van der Waals surface area contributed by atoms with E-state index in [1.54, 1.807) is 5.75 Å². The minimum atomic E-state index is 0.105. The van der Waals surface area contributed by atoms with Crippen molar-refractivity contribution in [2.45, 2.75) is 6.42 Å². The van der Waals surface area contributed by atoms with Crippen molar-refractivity contribution in [3.63, 3.8) is 0 Å². The molecule has 0 saturated carbocycles. The van der Waals surface area contributed by atoms with Crippen molar-refractivity contribution in [3.05, 3.63) is 46.7 Å². The zero-order valence-corrected chi connectivity index (χ0v) is 11.8. The number of thioether (sulfide) groups is 1. The van der Waals surface area contributed by atoms with Crippen LogP contribution in [0.15, 0.2) is 30.3 Å². The molecule has 4 heteroatoms. The summed E-state index contributed by atoms with van der Waals surface area (Å²) in [6.45, 7) is 1.47. The first kappa shape index (κ1) is 13.5. The van der Waals surface area contributed by atoms with Crippen LogP contribution in [0.2, 0.25) is 5.02 Å². The lowest BCUT2D eigenvalue weighted by Crippen LogP contribution is -2.34. The van der Waals surface area contributed by atoms with Gasteiger partial charge in [0.25, 0.3) is 0 Å². The standard InChI is InChI=1S/C14H15ClNOS/c1-18-10-14(17)16-8-6-12(7-9-16)11-2-4-13(15)5-3-11/h2-6,10H,7-9H2,1H3. The van der Waals surface area contributed by atoms with E-state index < -0.39 is 0 Å². The summed E-state index contributed by atoms with van der Waals surface area (Å²) in [7, 11) is 0. The van der Waals surface area contributed by atoms with Gasteiger partial charge in [-0.2, -0.15) is 11.8 Å². The number of hydrogen-bond acceptors (Lipinski definition) is 2. The van der Waals surface area contributed by atoms with E-state index in [1.807, 2.05) is 35.4 Å². The summed E-state index contributed by atoms with van der Waals surface area (Å²) in [6.07, 6.45) is 4.92. The lowest BCUT2D eigenvalue weighted by Gasteiger charge is -2.26. The largest absolute Gasteiger partial charge is 0.338 e. The molecule has 1 aliphatic rings. The molecule has 95 valence electrons. The summed E-state index contributed by atoms with van der Waals surface area (Å²) in [4.78, 5) is 13.5. The molecule has 0 aromatic heterocycles. The first-order valence-electron chi connectivity index (χ1n) is 5.80. The maximum Gasteiger partial charge on any atom is 0.237 e. The molecule has 0 spiro atoms. The van der Waals surface area contributed by atoms with Gasteiger partial charge in [-0.3, -0.25) is 4.79 Å². The van der Waals surface area contributed by atoms with Crippen molar-refractivity contribution in [1.82, 2.24) is 4.90 Å². The highest BCUT2D eigenvalue weighted by atomic mass is 35.5. The lowest BCUT2D eigenvalue weighted by molar-refractivity contribution is -0.126. The molecule has 0 fully saturated rings. The van der Waals surface area contributed by atoms with E-state index in [0.29, 0.717) is 6.54 Å². The number of carbonyl (C=O) groups excluding carboxylic acids is 1. The van der Waals surface area contributed by atoms with Crippen LogP contribution >= 0.6 is 23.4 Å². The van der Waals surface area contributed by atoms with Gasteiger partial charge in [0.2, 0.25) is 5.91 Å². The summed E-state index contributed by atoms with van der Waals surface area (Å²) in [5.41, 5.74) is 2.49. The Kier molecular flexibility index (Phi) is 4.72. The summed E-state index contributed by atoms with van der Waals surface area (Å²) in [6, 6.07) is 7.85. The van der Waals surface area contributed by atoms with Gasteiger partial charge in [-0.1, -0.05) is 29.8 Å². The predicted octanol–water partition coefficient (Wildman–Crippen LogP) is 3.48. The Morgan fingerprint density at radius 2 is 2.11 bits per heavy atom. The zero-order chi connectivity index (χ0) is 13.0. The monoisotopic (exact) mass is 280 g/mol. The van der Waals surface area contributed by atoms with Gasteiger partial charge < -0.3 is 4.90 Å². The van der Waals surface area contributed by atoms with Gasteiger partial charge in [0, 0.05) is 18.1 Å². The smallest absolute Gasteiger partial charge is 0.237 e. The molecule has 0 bridgehead atoms. The first-order chi connectivity index (χ1) is 8.70. The Labute approximate surface area is 117 Å². The van der Waals surface area contributed by atoms with Gasteiger partial charge in [0.1, 0.15) is 5.75 Å². The zero-order valence-electron chi connectivity index (χ0n) is 10.2. The Bertz CT molecular complexity index is 455. The maximum atomic E-state index is 11.7. The second kappa shape index (κ2) is 6.30. The van der Waals surface area contributed by atoms with E-state index >= 15 is 0 Å². The number of carbonyl (C=O) groups is 1. The quantitative estimate of drug-likeness (QED) is 0.845. The van der Waals surface area contributed by atoms with Crippen molar-refractivity contribution in [2.75, 3.05) is 19.3 Å². The average molecular weight is 281 g/mol. The summed E-state index contributed by atoms with van der Waals surface area (Å²) in [5.74, 6) is 1.76. The minimum Gasteiger partial charge on any atom is -0.338 e. The molecule has 0 saturated heterocycles. The highest BCUT2D eigenvalue weighted by molar-refractivity contribution is 8.01. The number of hydrogen-bond donors (Lipinski definition) is 0. The molecule has 1 amide bonds. The number of rotatable bonds is 3. The Hall–Kier alpha value is -0.930. The van der Waals surface area contributed by atoms with Gasteiger partial charge in [-0.05, 0) is 35.9 Å². The molecule has 1 heterocycles. The van der Waals surface area contributed by atoms with Crippen molar-refractivity contribution < 1.29 is 4.79 Å². The van der Waals surface area contributed by atoms with Crippen LogP contribution in [0.3, 0.4) is 0 Å². The molecule has 0 aliphatic carbocycles. The van der Waals surface area contributed by atoms with E-state index in [4.69, 9.17) is 11.6 Å². The van der Waals surface area contributed by atoms with E-state index in [-0.39, 0.29) is 5.91 Å². The van der Waals surface area contributed by atoms with Crippen molar-refractivity contribution in [1.29, 1.82) is 0 Å². The van der Waals surface area contributed by atoms with Crippen LogP contribution in [0.1, 0.15) is 12.0 Å². The molecule has 2 nitrogen and oxygen atoms in total. The topological polar surface area (TPSA) is 20.3 Å². The third kappa shape index (κ3) is 3.30. The minimum absolute atomic E-state index is 0.105.